The lowest BCUT2D eigenvalue weighted by Gasteiger charge is -2.23. The summed E-state index contributed by atoms with van der Waals surface area (Å²) in [6, 6.07) is 0. The largest absolute Gasteiger partial charge is 0.456 e. The van der Waals surface area contributed by atoms with Crippen LogP contribution in [0.25, 0.3) is 0 Å². The normalized spacial score (nSPS) is 25.8. The van der Waals surface area contributed by atoms with Crippen molar-refractivity contribution in [1.29, 1.82) is 0 Å². The SMILES string of the molecule is C#Cc1cn([C@@H]2O[C@H](C)[C@@H](OC(C)=O)[C@H]2OC(C)=O)c(=O)[nH]c1=O. The molecule has 0 aliphatic carbocycles. The summed E-state index contributed by atoms with van der Waals surface area (Å²) in [4.78, 5) is 48.3. The van der Waals surface area contributed by atoms with Crippen LogP contribution in [-0.2, 0) is 23.8 Å². The number of rotatable bonds is 3. The lowest BCUT2D eigenvalue weighted by atomic mass is 10.1. The van der Waals surface area contributed by atoms with Crippen molar-refractivity contribution in [3.63, 3.8) is 0 Å². The summed E-state index contributed by atoms with van der Waals surface area (Å²) in [5, 5.41) is 0. The second-order valence-electron chi connectivity index (χ2n) is 5.23. The molecule has 9 heteroatoms. The highest BCUT2D eigenvalue weighted by atomic mass is 16.6. The van der Waals surface area contributed by atoms with Crippen LogP contribution in [0.15, 0.2) is 15.8 Å². The van der Waals surface area contributed by atoms with E-state index < -0.39 is 47.7 Å². The summed E-state index contributed by atoms with van der Waals surface area (Å²) in [6.45, 7) is 3.98. The van der Waals surface area contributed by atoms with Crippen molar-refractivity contribution in [2.75, 3.05) is 0 Å². The molecule has 128 valence electrons. The van der Waals surface area contributed by atoms with E-state index in [2.05, 4.69) is 10.9 Å². The zero-order chi connectivity index (χ0) is 18.0. The summed E-state index contributed by atoms with van der Waals surface area (Å²) in [6.07, 6.45) is 2.60. The van der Waals surface area contributed by atoms with E-state index in [9.17, 15) is 19.2 Å². The van der Waals surface area contributed by atoms with E-state index in [4.69, 9.17) is 20.6 Å². The van der Waals surface area contributed by atoms with E-state index in [0.29, 0.717) is 0 Å². The van der Waals surface area contributed by atoms with Crippen molar-refractivity contribution in [3.8, 4) is 12.3 Å². The number of carbonyl (C=O) groups excluding carboxylic acids is 2. The maximum atomic E-state index is 12.1. The lowest BCUT2D eigenvalue weighted by molar-refractivity contribution is -0.165. The first-order chi connectivity index (χ1) is 11.2. The maximum absolute atomic E-state index is 12.1. The highest BCUT2D eigenvalue weighted by Crippen LogP contribution is 2.33. The summed E-state index contributed by atoms with van der Waals surface area (Å²) < 4.78 is 16.9. The van der Waals surface area contributed by atoms with Crippen LogP contribution in [0.2, 0.25) is 0 Å². The molecule has 0 unspecified atom stereocenters. The number of carbonyl (C=O) groups is 2. The molecule has 4 atom stereocenters. The Labute approximate surface area is 136 Å². The van der Waals surface area contributed by atoms with Crippen LogP contribution < -0.4 is 11.2 Å². The third-order valence-electron chi connectivity index (χ3n) is 3.42. The molecular formula is C15H16N2O7. The molecule has 1 fully saturated rings. The van der Waals surface area contributed by atoms with Gasteiger partial charge in [-0.25, -0.2) is 4.79 Å². The van der Waals surface area contributed by atoms with Gasteiger partial charge in [0.2, 0.25) is 0 Å². The van der Waals surface area contributed by atoms with E-state index in [-0.39, 0.29) is 5.56 Å². The standard InChI is InChI=1S/C15H16N2O7/c1-5-10-6-17(15(21)16-13(10)20)14-12(24-9(4)19)11(7(2)22-14)23-8(3)18/h1,6-7,11-12,14H,2-4H3,(H,16,20,21)/t7-,11-,12-,14-/m1/s1. The Morgan fingerprint density at radius 2 is 1.83 bits per heavy atom. The molecule has 0 amide bonds. The number of hydrogen-bond acceptors (Lipinski definition) is 7. The number of nitrogens with zero attached hydrogens (tertiary/aromatic N) is 1. The van der Waals surface area contributed by atoms with Crippen LogP contribution in [0.1, 0.15) is 32.6 Å². The van der Waals surface area contributed by atoms with Gasteiger partial charge in [0, 0.05) is 20.0 Å². The van der Waals surface area contributed by atoms with Gasteiger partial charge in [-0.1, -0.05) is 5.92 Å². The summed E-state index contributed by atoms with van der Waals surface area (Å²) >= 11 is 0. The number of ether oxygens (including phenoxy) is 3. The first-order valence-electron chi connectivity index (χ1n) is 7.06. The van der Waals surface area contributed by atoms with Crippen molar-refractivity contribution in [3.05, 3.63) is 32.6 Å². The van der Waals surface area contributed by atoms with Crippen molar-refractivity contribution in [1.82, 2.24) is 9.55 Å². The zero-order valence-corrected chi connectivity index (χ0v) is 13.3. The molecule has 9 nitrogen and oxygen atoms in total. The first kappa shape index (κ1) is 17.5. The third kappa shape index (κ3) is 3.38. The first-order valence-corrected chi connectivity index (χ1v) is 7.06. The van der Waals surface area contributed by atoms with Crippen LogP contribution in [0.5, 0.6) is 0 Å². The molecule has 0 spiro atoms. The molecule has 0 saturated carbocycles. The summed E-state index contributed by atoms with van der Waals surface area (Å²) in [5.41, 5.74) is -1.61. The Hall–Kier alpha value is -2.86. The predicted octanol–water partition coefficient (Wildman–Crippen LogP) is -0.701. The average molecular weight is 336 g/mol. The molecule has 0 bridgehead atoms. The van der Waals surface area contributed by atoms with E-state index in [1.807, 2.05) is 0 Å². The van der Waals surface area contributed by atoms with Gasteiger partial charge in [0.1, 0.15) is 5.56 Å². The molecule has 2 rings (SSSR count). The average Bonchev–Trinajstić information content (AvgIpc) is 2.75. The maximum Gasteiger partial charge on any atom is 0.330 e. The van der Waals surface area contributed by atoms with Gasteiger partial charge in [-0.3, -0.25) is 23.9 Å². The summed E-state index contributed by atoms with van der Waals surface area (Å²) in [7, 11) is 0. The van der Waals surface area contributed by atoms with Crippen molar-refractivity contribution >= 4 is 11.9 Å². The monoisotopic (exact) mass is 336 g/mol. The van der Waals surface area contributed by atoms with Crippen molar-refractivity contribution in [2.24, 2.45) is 0 Å². The topological polar surface area (TPSA) is 117 Å². The van der Waals surface area contributed by atoms with Crippen LogP contribution in [0.3, 0.4) is 0 Å². The molecule has 0 aromatic carbocycles. The fourth-order valence-corrected chi connectivity index (χ4v) is 2.48. The van der Waals surface area contributed by atoms with Gasteiger partial charge < -0.3 is 14.2 Å². The highest BCUT2D eigenvalue weighted by Gasteiger charge is 2.48. The third-order valence-corrected chi connectivity index (χ3v) is 3.42. The Morgan fingerprint density at radius 3 is 2.38 bits per heavy atom. The van der Waals surface area contributed by atoms with E-state index in [0.717, 1.165) is 10.8 Å². The van der Waals surface area contributed by atoms with Crippen LogP contribution in [0.4, 0.5) is 0 Å². The van der Waals surface area contributed by atoms with Crippen LogP contribution in [0, 0.1) is 12.3 Å². The minimum Gasteiger partial charge on any atom is -0.456 e. The quantitative estimate of drug-likeness (QED) is 0.573. The van der Waals surface area contributed by atoms with Gasteiger partial charge in [0.05, 0.1) is 6.10 Å². The molecule has 24 heavy (non-hydrogen) atoms. The minimum absolute atomic E-state index is 0.0941. The van der Waals surface area contributed by atoms with Crippen LogP contribution in [-0.4, -0.2) is 39.8 Å². The minimum atomic E-state index is -1.11. The fraction of sp³-hybridized carbons (Fsp3) is 0.467. The van der Waals surface area contributed by atoms with Crippen LogP contribution >= 0.6 is 0 Å². The van der Waals surface area contributed by atoms with Gasteiger partial charge in [-0.15, -0.1) is 6.42 Å². The van der Waals surface area contributed by atoms with E-state index in [1.165, 1.54) is 13.8 Å². The Kier molecular flexibility index (Phi) is 4.90. The zero-order valence-electron chi connectivity index (χ0n) is 13.3. The molecule has 1 aliphatic heterocycles. The lowest BCUT2D eigenvalue weighted by Crippen LogP contribution is -2.41. The fourth-order valence-electron chi connectivity index (χ4n) is 2.48. The van der Waals surface area contributed by atoms with Gasteiger partial charge in [-0.2, -0.15) is 0 Å². The second-order valence-corrected chi connectivity index (χ2v) is 5.23. The van der Waals surface area contributed by atoms with Crippen molar-refractivity contribution in [2.45, 2.75) is 45.3 Å². The molecule has 1 aromatic rings. The van der Waals surface area contributed by atoms with Gasteiger partial charge >= 0.3 is 17.6 Å². The number of H-pyrrole nitrogens is 1. The van der Waals surface area contributed by atoms with Gasteiger partial charge in [0.25, 0.3) is 5.56 Å². The number of esters is 2. The Bertz CT molecular complexity index is 816. The Morgan fingerprint density at radius 1 is 1.25 bits per heavy atom. The van der Waals surface area contributed by atoms with Crippen molar-refractivity contribution < 1.29 is 23.8 Å². The molecule has 1 aromatic heterocycles. The smallest absolute Gasteiger partial charge is 0.330 e. The molecule has 0 radical (unpaired) electrons. The number of nitrogens with one attached hydrogen (secondary N) is 1. The highest BCUT2D eigenvalue weighted by molar-refractivity contribution is 5.67. The molecular weight excluding hydrogens is 320 g/mol. The summed E-state index contributed by atoms with van der Waals surface area (Å²) in [5.74, 6) is 0.909. The van der Waals surface area contributed by atoms with E-state index in [1.54, 1.807) is 6.92 Å². The predicted molar refractivity (Wildman–Crippen MR) is 79.9 cm³/mol. The molecule has 1 aliphatic rings. The van der Waals surface area contributed by atoms with Gasteiger partial charge in [0.15, 0.2) is 18.4 Å². The van der Waals surface area contributed by atoms with E-state index >= 15 is 0 Å². The molecule has 1 N–H and O–H groups in total. The second kappa shape index (κ2) is 6.72. The number of aromatic nitrogens is 2. The Balaban J connectivity index is 2.50. The number of hydrogen-bond donors (Lipinski definition) is 1. The number of terminal acetylenes is 1. The number of aromatic amines is 1. The van der Waals surface area contributed by atoms with Gasteiger partial charge in [-0.05, 0) is 6.92 Å². The molecule has 1 saturated heterocycles. The molecule has 2 heterocycles.